The van der Waals surface area contributed by atoms with Gasteiger partial charge < -0.3 is 11.1 Å². The number of nitrogens with zero attached hydrogens (tertiary/aromatic N) is 1. The minimum absolute atomic E-state index is 0.155. The zero-order chi connectivity index (χ0) is 18.0. The second kappa shape index (κ2) is 6.75. The smallest absolute Gasteiger partial charge is 0.205 e. The highest BCUT2D eigenvalue weighted by molar-refractivity contribution is 7.19. The molecule has 0 fully saturated rings. The van der Waals surface area contributed by atoms with Gasteiger partial charge in [0.2, 0.25) is 5.78 Å². The largest absolute Gasteiger partial charge is 0.396 e. The Kier molecular flexibility index (Phi) is 4.50. The number of nitrogens with one attached hydrogen (secondary N) is 1. The number of nitrogen functional groups attached to an aromatic ring is 1. The number of thiophene rings is 1. The molecule has 0 atom stereocenters. The van der Waals surface area contributed by atoms with Crippen LogP contribution in [0.5, 0.6) is 0 Å². The van der Waals surface area contributed by atoms with Crippen molar-refractivity contribution in [1.82, 2.24) is 0 Å². The second-order valence-corrected chi connectivity index (χ2v) is 6.51. The average molecular weight is 351 g/mol. The maximum Gasteiger partial charge on any atom is 0.205 e. The highest BCUT2D eigenvalue weighted by Gasteiger charge is 2.22. The molecule has 0 aliphatic heterocycles. The first-order valence-electron chi connectivity index (χ1n) is 7.46. The third kappa shape index (κ3) is 3.37. The van der Waals surface area contributed by atoms with E-state index in [2.05, 4.69) is 5.32 Å². The Morgan fingerprint density at radius 2 is 1.80 bits per heavy atom. The van der Waals surface area contributed by atoms with Crippen LogP contribution < -0.4 is 11.1 Å². The topological polar surface area (TPSA) is 78.9 Å². The lowest BCUT2D eigenvalue weighted by Crippen LogP contribution is -2.02. The first-order chi connectivity index (χ1) is 12.0. The molecule has 1 heterocycles. The van der Waals surface area contributed by atoms with Crippen molar-refractivity contribution in [3.63, 3.8) is 0 Å². The van der Waals surface area contributed by atoms with Crippen LogP contribution in [0.1, 0.15) is 26.4 Å². The molecule has 25 heavy (non-hydrogen) atoms. The molecule has 124 valence electrons. The quantitative estimate of drug-likeness (QED) is 0.672. The van der Waals surface area contributed by atoms with Gasteiger partial charge in [0.15, 0.2) is 0 Å². The van der Waals surface area contributed by atoms with Crippen LogP contribution in [0.25, 0.3) is 0 Å². The third-order valence-corrected chi connectivity index (χ3v) is 4.80. The fourth-order valence-electron chi connectivity index (χ4n) is 2.31. The molecule has 0 saturated heterocycles. The molecule has 2 aromatic carbocycles. The number of rotatable bonds is 4. The van der Waals surface area contributed by atoms with Crippen molar-refractivity contribution in [2.75, 3.05) is 11.1 Å². The van der Waals surface area contributed by atoms with Crippen molar-refractivity contribution in [2.24, 2.45) is 0 Å². The molecule has 0 saturated carbocycles. The summed E-state index contributed by atoms with van der Waals surface area (Å²) in [5, 5.41) is 12.9. The van der Waals surface area contributed by atoms with Crippen molar-refractivity contribution in [3.05, 3.63) is 75.9 Å². The number of nitriles is 1. The average Bonchev–Trinajstić information content (AvgIpc) is 2.92. The molecule has 0 aliphatic carbocycles. The molecule has 0 amide bonds. The summed E-state index contributed by atoms with van der Waals surface area (Å²) >= 11 is 1.11. The lowest BCUT2D eigenvalue weighted by molar-refractivity contribution is 0.104. The first kappa shape index (κ1) is 16.7. The van der Waals surface area contributed by atoms with E-state index >= 15 is 0 Å². The monoisotopic (exact) mass is 351 g/mol. The summed E-state index contributed by atoms with van der Waals surface area (Å²) in [5.41, 5.74) is 8.56. The van der Waals surface area contributed by atoms with E-state index in [-0.39, 0.29) is 22.9 Å². The number of carbonyl (C=O) groups is 1. The van der Waals surface area contributed by atoms with Crippen LogP contribution in [0.3, 0.4) is 0 Å². The van der Waals surface area contributed by atoms with E-state index < -0.39 is 0 Å². The van der Waals surface area contributed by atoms with Crippen molar-refractivity contribution >= 4 is 33.5 Å². The van der Waals surface area contributed by atoms with Crippen LogP contribution >= 0.6 is 11.3 Å². The standard InChI is InChI=1S/C19H14FN3OS/c1-11-2-4-12(5-3-11)17(24)18-16(22)15(10-21)19(25-18)23-14-8-6-13(20)7-9-14/h2-9,23H,22H2,1H3. The summed E-state index contributed by atoms with van der Waals surface area (Å²) in [6.45, 7) is 1.94. The van der Waals surface area contributed by atoms with Crippen LogP contribution in [0.4, 0.5) is 20.8 Å². The SMILES string of the molecule is Cc1ccc(C(=O)c2sc(Nc3ccc(F)cc3)c(C#N)c2N)cc1. The fraction of sp³-hybridized carbons (Fsp3) is 0.0526. The number of anilines is 3. The number of benzene rings is 2. The van der Waals surface area contributed by atoms with Gasteiger partial charge in [0.25, 0.3) is 0 Å². The van der Waals surface area contributed by atoms with Crippen molar-refractivity contribution in [2.45, 2.75) is 6.92 Å². The molecule has 3 N–H and O–H groups in total. The lowest BCUT2D eigenvalue weighted by Gasteiger charge is -2.03. The van der Waals surface area contributed by atoms with Crippen molar-refractivity contribution in [3.8, 4) is 6.07 Å². The van der Waals surface area contributed by atoms with E-state index in [1.807, 2.05) is 25.1 Å². The number of ketones is 1. The number of aryl methyl sites for hydroxylation is 1. The number of carbonyl (C=O) groups excluding carboxylic acids is 1. The van der Waals surface area contributed by atoms with E-state index in [1.165, 1.54) is 12.1 Å². The molecule has 4 nitrogen and oxygen atoms in total. The molecule has 0 aliphatic rings. The van der Waals surface area contributed by atoms with Gasteiger partial charge in [-0.1, -0.05) is 29.8 Å². The van der Waals surface area contributed by atoms with E-state index in [0.29, 0.717) is 21.1 Å². The van der Waals surface area contributed by atoms with E-state index in [4.69, 9.17) is 5.73 Å². The van der Waals surface area contributed by atoms with Gasteiger partial charge in [-0.05, 0) is 31.2 Å². The molecule has 0 spiro atoms. The summed E-state index contributed by atoms with van der Waals surface area (Å²) in [6.07, 6.45) is 0. The third-order valence-electron chi connectivity index (χ3n) is 3.68. The van der Waals surface area contributed by atoms with Crippen molar-refractivity contribution < 1.29 is 9.18 Å². The van der Waals surface area contributed by atoms with Crippen LogP contribution in [-0.4, -0.2) is 5.78 Å². The summed E-state index contributed by atoms with van der Waals surface area (Å²) in [4.78, 5) is 13.0. The molecule has 3 rings (SSSR count). The van der Waals surface area contributed by atoms with Gasteiger partial charge in [0, 0.05) is 11.3 Å². The minimum Gasteiger partial charge on any atom is -0.396 e. The lowest BCUT2D eigenvalue weighted by atomic mass is 10.1. The van der Waals surface area contributed by atoms with E-state index in [0.717, 1.165) is 16.9 Å². The van der Waals surface area contributed by atoms with Gasteiger partial charge in [-0.15, -0.1) is 11.3 Å². The molecule has 0 unspecified atom stereocenters. The fourth-order valence-corrected chi connectivity index (χ4v) is 3.37. The van der Waals surface area contributed by atoms with E-state index in [9.17, 15) is 14.4 Å². The second-order valence-electron chi connectivity index (χ2n) is 5.49. The van der Waals surface area contributed by atoms with Gasteiger partial charge in [-0.25, -0.2) is 4.39 Å². The van der Waals surface area contributed by atoms with Gasteiger partial charge >= 0.3 is 0 Å². The Labute approximate surface area is 148 Å². The highest BCUT2D eigenvalue weighted by Crippen LogP contribution is 2.38. The minimum atomic E-state index is -0.355. The zero-order valence-corrected chi connectivity index (χ0v) is 14.2. The highest BCUT2D eigenvalue weighted by atomic mass is 32.1. The molecular formula is C19H14FN3OS. The first-order valence-corrected chi connectivity index (χ1v) is 8.27. The molecular weight excluding hydrogens is 337 g/mol. The van der Waals surface area contributed by atoms with Gasteiger partial charge in [-0.3, -0.25) is 4.79 Å². The zero-order valence-electron chi connectivity index (χ0n) is 13.3. The van der Waals surface area contributed by atoms with Crippen molar-refractivity contribution in [1.29, 1.82) is 5.26 Å². The number of halogens is 1. The Hall–Kier alpha value is -3.17. The van der Waals surface area contributed by atoms with E-state index in [1.54, 1.807) is 24.3 Å². The summed E-state index contributed by atoms with van der Waals surface area (Å²) < 4.78 is 13.0. The Morgan fingerprint density at radius 1 is 1.16 bits per heavy atom. The molecule has 0 radical (unpaired) electrons. The van der Waals surface area contributed by atoms with Gasteiger partial charge in [0.1, 0.15) is 27.3 Å². The van der Waals surface area contributed by atoms with Crippen LogP contribution in [-0.2, 0) is 0 Å². The predicted molar refractivity (Wildman–Crippen MR) is 97.7 cm³/mol. The van der Waals surface area contributed by atoms with Gasteiger partial charge in [0.05, 0.1) is 5.69 Å². The maximum atomic E-state index is 13.0. The Morgan fingerprint density at radius 3 is 2.40 bits per heavy atom. The van der Waals surface area contributed by atoms with Gasteiger partial charge in [-0.2, -0.15) is 5.26 Å². The summed E-state index contributed by atoms with van der Waals surface area (Å²) in [7, 11) is 0. The van der Waals surface area contributed by atoms with Crippen LogP contribution in [0.15, 0.2) is 48.5 Å². The number of hydrogen-bond donors (Lipinski definition) is 2. The Balaban J connectivity index is 1.97. The van der Waals surface area contributed by atoms with Crippen LogP contribution in [0.2, 0.25) is 0 Å². The number of nitrogens with two attached hydrogens (primary N) is 1. The Bertz CT molecular complexity index is 970. The predicted octanol–water partition coefficient (Wildman–Crippen LogP) is 4.62. The summed E-state index contributed by atoms with van der Waals surface area (Å²) in [5.74, 6) is -0.585. The maximum absolute atomic E-state index is 13.0. The normalized spacial score (nSPS) is 10.3. The molecule has 1 aromatic heterocycles. The van der Waals surface area contributed by atoms with Crippen LogP contribution in [0, 0.1) is 24.1 Å². The molecule has 0 bridgehead atoms. The molecule has 3 aromatic rings. The molecule has 6 heteroatoms. The number of hydrogen-bond acceptors (Lipinski definition) is 5. The summed E-state index contributed by atoms with van der Waals surface area (Å²) in [6, 6.07) is 14.9.